The van der Waals surface area contributed by atoms with Crippen LogP contribution in [0.4, 0.5) is 0 Å². The average Bonchev–Trinajstić information content (AvgIpc) is 3.02. The summed E-state index contributed by atoms with van der Waals surface area (Å²) in [7, 11) is 0. The first-order valence-corrected chi connectivity index (χ1v) is 8.04. The molecule has 0 aromatic carbocycles. The molecule has 0 bridgehead atoms. The van der Waals surface area contributed by atoms with Crippen LogP contribution in [0.15, 0.2) is 45.5 Å². The molecule has 3 aromatic heterocycles. The zero-order valence-corrected chi connectivity index (χ0v) is 12.8. The van der Waals surface area contributed by atoms with E-state index in [0.29, 0.717) is 5.75 Å². The molecule has 3 heterocycles. The van der Waals surface area contributed by atoms with Crippen molar-refractivity contribution >= 4 is 50.5 Å². The molecule has 0 saturated carbocycles. The van der Waals surface area contributed by atoms with Crippen molar-refractivity contribution in [2.24, 2.45) is 0 Å². The van der Waals surface area contributed by atoms with Gasteiger partial charge in [-0.1, -0.05) is 17.8 Å². The number of ketones is 1. The van der Waals surface area contributed by atoms with Crippen LogP contribution in [0.3, 0.4) is 0 Å². The van der Waals surface area contributed by atoms with Crippen LogP contribution >= 0.6 is 39.0 Å². The average molecular weight is 354 g/mol. The van der Waals surface area contributed by atoms with Crippen LogP contribution in [0.25, 0.3) is 5.65 Å². The number of hydrogen-bond acceptors (Lipinski definition) is 5. The van der Waals surface area contributed by atoms with Crippen LogP contribution in [-0.2, 0) is 0 Å². The van der Waals surface area contributed by atoms with Gasteiger partial charge in [0, 0.05) is 6.20 Å². The Kier molecular flexibility index (Phi) is 3.67. The molecular formula is C12H8BrN3OS2. The maximum Gasteiger partial charge on any atom is 0.196 e. The standard InChI is InChI=1S/C12H8BrN3OS2/c13-10-5-4-9(19-10)8(17)7-18-12-15-14-11-3-1-2-6-16(11)12/h1-6H,7H2. The number of nitrogens with zero attached hydrogens (tertiary/aromatic N) is 3. The van der Waals surface area contributed by atoms with Gasteiger partial charge in [-0.3, -0.25) is 9.20 Å². The zero-order valence-electron chi connectivity index (χ0n) is 9.62. The van der Waals surface area contributed by atoms with Crippen molar-refractivity contribution in [3.05, 3.63) is 45.2 Å². The third-order valence-corrected chi connectivity index (χ3v) is 5.07. The van der Waals surface area contributed by atoms with Gasteiger partial charge in [-0.25, -0.2) is 0 Å². The molecule has 0 spiro atoms. The van der Waals surface area contributed by atoms with E-state index in [9.17, 15) is 4.79 Å². The van der Waals surface area contributed by atoms with Crippen molar-refractivity contribution < 1.29 is 4.79 Å². The molecule has 0 aliphatic heterocycles. The highest BCUT2D eigenvalue weighted by Gasteiger charge is 2.12. The van der Waals surface area contributed by atoms with Crippen molar-refractivity contribution in [3.63, 3.8) is 0 Å². The topological polar surface area (TPSA) is 47.3 Å². The van der Waals surface area contributed by atoms with E-state index in [4.69, 9.17) is 0 Å². The summed E-state index contributed by atoms with van der Waals surface area (Å²) in [6.07, 6.45) is 1.89. The Hall–Kier alpha value is -1.18. The third kappa shape index (κ3) is 2.72. The first kappa shape index (κ1) is 12.8. The first-order valence-electron chi connectivity index (χ1n) is 5.45. The number of carbonyl (C=O) groups is 1. The van der Waals surface area contributed by atoms with Gasteiger partial charge in [0.1, 0.15) is 0 Å². The smallest absolute Gasteiger partial charge is 0.196 e. The zero-order chi connectivity index (χ0) is 13.2. The van der Waals surface area contributed by atoms with E-state index in [0.717, 1.165) is 19.5 Å². The van der Waals surface area contributed by atoms with Crippen molar-refractivity contribution in [1.29, 1.82) is 0 Å². The number of thiophene rings is 1. The van der Waals surface area contributed by atoms with Gasteiger partial charge in [-0.2, -0.15) is 0 Å². The molecule has 0 atom stereocenters. The molecule has 3 aromatic rings. The number of carbonyl (C=O) groups excluding carboxylic acids is 1. The monoisotopic (exact) mass is 353 g/mol. The van der Waals surface area contributed by atoms with Gasteiger partial charge in [0.05, 0.1) is 14.4 Å². The van der Waals surface area contributed by atoms with Crippen molar-refractivity contribution in [2.75, 3.05) is 5.75 Å². The van der Waals surface area contributed by atoms with Gasteiger partial charge in [0.15, 0.2) is 16.6 Å². The minimum absolute atomic E-state index is 0.105. The van der Waals surface area contributed by atoms with Gasteiger partial charge in [0.2, 0.25) is 0 Å². The van der Waals surface area contributed by atoms with Crippen LogP contribution in [0.2, 0.25) is 0 Å². The molecule has 4 nitrogen and oxygen atoms in total. The van der Waals surface area contributed by atoms with Gasteiger partial charge in [-0.15, -0.1) is 21.5 Å². The Labute approximate surface area is 126 Å². The maximum absolute atomic E-state index is 12.0. The molecule has 0 unspecified atom stereocenters. The summed E-state index contributed by atoms with van der Waals surface area (Å²) < 4.78 is 2.84. The Morgan fingerprint density at radius 1 is 1.32 bits per heavy atom. The predicted octanol–water partition coefficient (Wildman–Crippen LogP) is 3.53. The van der Waals surface area contributed by atoms with Crippen LogP contribution < -0.4 is 0 Å². The Bertz CT molecular complexity index is 737. The summed E-state index contributed by atoms with van der Waals surface area (Å²) in [5.74, 6) is 0.469. The fourth-order valence-corrected chi connectivity index (χ4v) is 3.81. The summed E-state index contributed by atoms with van der Waals surface area (Å²) in [6, 6.07) is 9.43. The molecule has 19 heavy (non-hydrogen) atoms. The molecule has 0 aliphatic carbocycles. The van der Waals surface area contributed by atoms with Crippen LogP contribution in [0.1, 0.15) is 9.67 Å². The largest absolute Gasteiger partial charge is 0.292 e. The number of rotatable bonds is 4. The molecule has 0 amide bonds. The second kappa shape index (κ2) is 5.44. The van der Waals surface area contributed by atoms with Crippen LogP contribution in [-0.4, -0.2) is 26.1 Å². The Morgan fingerprint density at radius 2 is 2.21 bits per heavy atom. The molecule has 3 rings (SSSR count). The van der Waals surface area contributed by atoms with Gasteiger partial charge in [-0.05, 0) is 40.2 Å². The molecule has 0 radical (unpaired) electrons. The molecule has 96 valence electrons. The summed E-state index contributed by atoms with van der Waals surface area (Å²) in [5.41, 5.74) is 0.788. The molecule has 0 aliphatic rings. The lowest BCUT2D eigenvalue weighted by Crippen LogP contribution is -2.00. The minimum Gasteiger partial charge on any atom is -0.292 e. The van der Waals surface area contributed by atoms with E-state index in [-0.39, 0.29) is 5.78 Å². The summed E-state index contributed by atoms with van der Waals surface area (Å²) in [6.45, 7) is 0. The van der Waals surface area contributed by atoms with Gasteiger partial charge in [0.25, 0.3) is 0 Å². The van der Waals surface area contributed by atoms with E-state index in [1.54, 1.807) is 0 Å². The lowest BCUT2D eigenvalue weighted by molar-refractivity contribution is 0.102. The van der Waals surface area contributed by atoms with Gasteiger partial charge >= 0.3 is 0 Å². The third-order valence-electron chi connectivity index (χ3n) is 2.46. The number of pyridine rings is 1. The first-order chi connectivity index (χ1) is 9.24. The van der Waals surface area contributed by atoms with E-state index in [2.05, 4.69) is 26.1 Å². The Balaban J connectivity index is 1.74. The number of fused-ring (bicyclic) bond motifs is 1. The molecule has 0 saturated heterocycles. The minimum atomic E-state index is 0.105. The molecular weight excluding hydrogens is 346 g/mol. The summed E-state index contributed by atoms with van der Waals surface area (Å²) >= 11 is 6.20. The maximum atomic E-state index is 12.0. The number of aromatic nitrogens is 3. The van der Waals surface area contributed by atoms with Crippen LogP contribution in [0, 0.1) is 0 Å². The highest BCUT2D eigenvalue weighted by molar-refractivity contribution is 9.11. The highest BCUT2D eigenvalue weighted by Crippen LogP contribution is 2.25. The molecule has 0 fully saturated rings. The van der Waals surface area contributed by atoms with E-state index >= 15 is 0 Å². The second-order valence-corrected chi connectivity index (χ2v) is 7.13. The lowest BCUT2D eigenvalue weighted by atomic mass is 10.4. The van der Waals surface area contributed by atoms with Crippen molar-refractivity contribution in [2.45, 2.75) is 5.16 Å². The highest BCUT2D eigenvalue weighted by atomic mass is 79.9. The van der Waals surface area contributed by atoms with Crippen LogP contribution in [0.5, 0.6) is 0 Å². The molecule has 7 heteroatoms. The number of hydrogen-bond donors (Lipinski definition) is 0. The summed E-state index contributed by atoms with van der Waals surface area (Å²) in [4.78, 5) is 12.8. The van der Waals surface area contributed by atoms with E-state index in [1.165, 1.54) is 23.1 Å². The summed E-state index contributed by atoms with van der Waals surface area (Å²) in [5, 5.41) is 8.87. The normalized spacial score (nSPS) is 11.0. The van der Waals surface area contributed by atoms with Gasteiger partial charge < -0.3 is 0 Å². The predicted molar refractivity (Wildman–Crippen MR) is 80.1 cm³/mol. The quantitative estimate of drug-likeness (QED) is 0.531. The fraction of sp³-hybridized carbons (Fsp3) is 0.0833. The van der Waals surface area contributed by atoms with E-state index < -0.39 is 0 Å². The second-order valence-electron chi connectivity index (χ2n) is 3.73. The fourth-order valence-electron chi connectivity index (χ4n) is 1.58. The van der Waals surface area contributed by atoms with Crippen molar-refractivity contribution in [3.8, 4) is 0 Å². The number of thioether (sulfide) groups is 1. The number of halogens is 1. The lowest BCUT2D eigenvalue weighted by Gasteiger charge is -1.98. The SMILES string of the molecule is O=C(CSc1nnc2ccccn12)c1ccc(Br)s1. The van der Waals surface area contributed by atoms with Crippen molar-refractivity contribution in [1.82, 2.24) is 14.6 Å². The van der Waals surface area contributed by atoms with E-state index in [1.807, 2.05) is 40.9 Å². The Morgan fingerprint density at radius 3 is 3.00 bits per heavy atom. The molecule has 0 N–H and O–H groups in total. The number of Topliss-reactive ketones (excluding diaryl/α,β-unsaturated/α-hetero) is 1.